The van der Waals surface area contributed by atoms with E-state index in [9.17, 15) is 9.59 Å². The summed E-state index contributed by atoms with van der Waals surface area (Å²) in [5.41, 5.74) is 0.0590. The maximum atomic E-state index is 12.3. The van der Waals surface area contributed by atoms with Gasteiger partial charge in [0.25, 0.3) is 0 Å². The monoisotopic (exact) mass is 571 g/mol. The Labute approximate surface area is 177 Å². The van der Waals surface area contributed by atoms with Crippen LogP contribution in [0.2, 0.25) is 0 Å². The lowest BCUT2D eigenvalue weighted by Crippen LogP contribution is -2.16. The van der Waals surface area contributed by atoms with Gasteiger partial charge in [-0.15, -0.1) is 0 Å². The predicted molar refractivity (Wildman–Crippen MR) is 112 cm³/mol. The number of esters is 2. The summed E-state index contributed by atoms with van der Waals surface area (Å²) < 4.78 is 12.3. The Balaban J connectivity index is 1.77. The first-order chi connectivity index (χ1) is 12.5. The first kappa shape index (κ1) is 18.8. The van der Waals surface area contributed by atoms with Crippen LogP contribution in [-0.2, 0) is 0 Å². The van der Waals surface area contributed by atoms with Gasteiger partial charge in [0.1, 0.15) is 22.9 Å². The molecule has 0 spiro atoms. The Bertz CT molecular complexity index is 900. The minimum absolute atomic E-state index is 0.0295. The van der Waals surface area contributed by atoms with Crippen molar-refractivity contribution in [3.05, 3.63) is 85.3 Å². The summed E-state index contributed by atoms with van der Waals surface area (Å²) in [6, 6.07) is 18.8. The van der Waals surface area contributed by atoms with Crippen LogP contribution in [0.25, 0.3) is 0 Å². The first-order valence-corrected chi connectivity index (χ1v) is 9.61. The maximum Gasteiger partial charge on any atom is 0.362 e. The third-order valence-corrected chi connectivity index (χ3v) is 5.03. The van der Waals surface area contributed by atoms with Crippen LogP contribution in [0.1, 0.15) is 21.0 Å². The average Bonchev–Trinajstić information content (AvgIpc) is 2.65. The summed E-state index contributed by atoms with van der Waals surface area (Å²) in [4.78, 5) is 28.7. The Kier molecular flexibility index (Phi) is 6.20. The molecule has 1 heterocycles. The van der Waals surface area contributed by atoms with Crippen LogP contribution in [0.4, 0.5) is 0 Å². The Hall–Kier alpha value is -2.01. The molecular formula is C19H11I2NO4. The van der Waals surface area contributed by atoms with Gasteiger partial charge in [-0.1, -0.05) is 30.3 Å². The van der Waals surface area contributed by atoms with Gasteiger partial charge in [0, 0.05) is 0 Å². The van der Waals surface area contributed by atoms with Crippen molar-refractivity contribution in [2.45, 2.75) is 0 Å². The number of halogens is 2. The summed E-state index contributed by atoms with van der Waals surface area (Å²) >= 11 is 4.15. The predicted octanol–water partition coefficient (Wildman–Crippen LogP) is 4.73. The van der Waals surface area contributed by atoms with Gasteiger partial charge in [-0.25, -0.2) is 14.6 Å². The van der Waals surface area contributed by atoms with E-state index in [2.05, 4.69) is 50.2 Å². The highest BCUT2D eigenvalue weighted by molar-refractivity contribution is 14.1. The summed E-state index contributed by atoms with van der Waals surface area (Å²) in [5.74, 6) is -0.408. The number of aromatic nitrogens is 1. The standard InChI is InChI=1S/C19H11I2NO4/c20-12-6-1-3-10-16(12)25-18(23)14-8-5-9-15(22-14)19(24)26-17-11-4-2-7-13(17)21/h1-11H. The SMILES string of the molecule is O=C(Oc1ccccc1I)c1cccc(C(=O)Oc2ccccc2I)n1. The number of rotatable bonds is 4. The van der Waals surface area contributed by atoms with Crippen LogP contribution < -0.4 is 9.47 Å². The molecule has 0 aliphatic heterocycles. The number of ether oxygens (including phenoxy) is 2. The van der Waals surface area contributed by atoms with E-state index in [0.29, 0.717) is 11.5 Å². The highest BCUT2D eigenvalue weighted by Crippen LogP contribution is 2.22. The van der Waals surface area contributed by atoms with Gasteiger partial charge in [-0.3, -0.25) is 0 Å². The van der Waals surface area contributed by atoms with Crippen molar-refractivity contribution in [1.29, 1.82) is 0 Å². The lowest BCUT2D eigenvalue weighted by molar-refractivity contribution is 0.0721. The molecule has 0 saturated heterocycles. The fourth-order valence-corrected chi connectivity index (χ4v) is 3.02. The van der Waals surface area contributed by atoms with E-state index >= 15 is 0 Å². The van der Waals surface area contributed by atoms with Gasteiger partial charge in [0.05, 0.1) is 7.14 Å². The molecule has 0 amide bonds. The minimum atomic E-state index is -0.641. The smallest absolute Gasteiger partial charge is 0.362 e. The highest BCUT2D eigenvalue weighted by atomic mass is 127. The zero-order valence-corrected chi connectivity index (χ0v) is 17.5. The Morgan fingerprint density at radius 1 is 0.654 bits per heavy atom. The molecule has 0 fully saturated rings. The molecule has 3 aromatic rings. The molecule has 26 heavy (non-hydrogen) atoms. The van der Waals surface area contributed by atoms with Crippen LogP contribution in [0.15, 0.2) is 66.7 Å². The number of benzene rings is 2. The van der Waals surface area contributed by atoms with Crippen molar-refractivity contribution in [1.82, 2.24) is 4.98 Å². The fourth-order valence-electron chi connectivity index (χ4n) is 2.02. The van der Waals surface area contributed by atoms with Crippen LogP contribution in [0, 0.1) is 7.14 Å². The number of nitrogens with zero attached hydrogens (tertiary/aromatic N) is 1. The quantitative estimate of drug-likeness (QED) is 0.258. The lowest BCUT2D eigenvalue weighted by Gasteiger charge is -2.08. The number of hydrogen-bond donors (Lipinski definition) is 0. The van der Waals surface area contributed by atoms with Gasteiger partial charge in [0.2, 0.25) is 0 Å². The first-order valence-electron chi connectivity index (χ1n) is 7.45. The molecule has 130 valence electrons. The van der Waals surface area contributed by atoms with Crippen molar-refractivity contribution in [2.24, 2.45) is 0 Å². The molecule has 0 aliphatic carbocycles. The molecule has 5 nitrogen and oxygen atoms in total. The second kappa shape index (κ2) is 8.58. The van der Waals surface area contributed by atoms with Gasteiger partial charge >= 0.3 is 11.9 Å². The second-order valence-corrected chi connectivity index (χ2v) is 7.37. The second-order valence-electron chi connectivity index (χ2n) is 5.05. The third-order valence-electron chi connectivity index (χ3n) is 3.25. The van der Waals surface area contributed by atoms with Crippen molar-refractivity contribution < 1.29 is 19.1 Å². The topological polar surface area (TPSA) is 65.5 Å². The van der Waals surface area contributed by atoms with Gasteiger partial charge in [0.15, 0.2) is 0 Å². The molecule has 0 radical (unpaired) electrons. The molecule has 2 aromatic carbocycles. The van der Waals surface area contributed by atoms with E-state index in [4.69, 9.17) is 9.47 Å². The molecule has 7 heteroatoms. The molecule has 0 N–H and O–H groups in total. The Morgan fingerprint density at radius 2 is 1.08 bits per heavy atom. The molecular weight excluding hydrogens is 560 g/mol. The minimum Gasteiger partial charge on any atom is -0.421 e. The van der Waals surface area contributed by atoms with Crippen molar-refractivity contribution in [3.8, 4) is 11.5 Å². The van der Waals surface area contributed by atoms with Gasteiger partial charge in [-0.2, -0.15) is 0 Å². The lowest BCUT2D eigenvalue weighted by atomic mass is 10.3. The number of hydrogen-bond acceptors (Lipinski definition) is 5. The highest BCUT2D eigenvalue weighted by Gasteiger charge is 2.17. The summed E-state index contributed by atoms with van der Waals surface area (Å²) in [5, 5.41) is 0. The van der Waals surface area contributed by atoms with E-state index in [0.717, 1.165) is 7.14 Å². The zero-order valence-electron chi connectivity index (χ0n) is 13.2. The van der Waals surface area contributed by atoms with Crippen LogP contribution in [0.5, 0.6) is 11.5 Å². The normalized spacial score (nSPS) is 10.2. The molecule has 3 rings (SSSR count). The number of carbonyl (C=O) groups is 2. The van der Waals surface area contributed by atoms with E-state index in [1.165, 1.54) is 12.1 Å². The van der Waals surface area contributed by atoms with E-state index in [-0.39, 0.29) is 11.4 Å². The van der Waals surface area contributed by atoms with E-state index in [1.54, 1.807) is 30.3 Å². The third kappa shape index (κ3) is 4.58. The molecule has 1 aromatic heterocycles. The summed E-state index contributed by atoms with van der Waals surface area (Å²) in [6.07, 6.45) is 0. The van der Waals surface area contributed by atoms with Gasteiger partial charge in [-0.05, 0) is 81.6 Å². The molecule has 0 atom stereocenters. The maximum absolute atomic E-state index is 12.3. The van der Waals surface area contributed by atoms with E-state index < -0.39 is 11.9 Å². The molecule has 0 saturated carbocycles. The largest absolute Gasteiger partial charge is 0.421 e. The Morgan fingerprint density at radius 3 is 1.50 bits per heavy atom. The van der Waals surface area contributed by atoms with Crippen molar-refractivity contribution in [3.63, 3.8) is 0 Å². The van der Waals surface area contributed by atoms with Crippen molar-refractivity contribution in [2.75, 3.05) is 0 Å². The summed E-state index contributed by atoms with van der Waals surface area (Å²) in [6.45, 7) is 0. The van der Waals surface area contributed by atoms with Crippen LogP contribution >= 0.6 is 45.2 Å². The summed E-state index contributed by atoms with van der Waals surface area (Å²) in [7, 11) is 0. The van der Waals surface area contributed by atoms with Crippen LogP contribution in [0.3, 0.4) is 0 Å². The molecule has 0 aliphatic rings. The number of para-hydroxylation sites is 2. The van der Waals surface area contributed by atoms with Crippen LogP contribution in [-0.4, -0.2) is 16.9 Å². The van der Waals surface area contributed by atoms with Crippen molar-refractivity contribution >= 4 is 57.1 Å². The number of pyridine rings is 1. The number of carbonyl (C=O) groups excluding carboxylic acids is 2. The molecule has 0 unspecified atom stereocenters. The average molecular weight is 571 g/mol. The molecule has 0 bridgehead atoms. The van der Waals surface area contributed by atoms with Gasteiger partial charge < -0.3 is 9.47 Å². The van der Waals surface area contributed by atoms with E-state index in [1.807, 2.05) is 24.3 Å². The zero-order chi connectivity index (χ0) is 18.5. The fraction of sp³-hybridized carbons (Fsp3) is 0.